The number of nitrogens with one attached hydrogen (secondary N) is 1. The molecule has 0 aliphatic carbocycles. The lowest BCUT2D eigenvalue weighted by molar-refractivity contribution is 0.578. The summed E-state index contributed by atoms with van der Waals surface area (Å²) in [5.74, 6) is -0.145. The monoisotopic (exact) mass is 277 g/mol. The Morgan fingerprint density at radius 1 is 1.26 bits per heavy atom. The van der Waals surface area contributed by atoms with Crippen LogP contribution in [0, 0.1) is 12.7 Å². The fourth-order valence-electron chi connectivity index (χ4n) is 2.02. The fraction of sp³-hybridized carbons (Fsp3) is 0.375. The molecule has 1 nitrogen and oxygen atoms in total. The van der Waals surface area contributed by atoms with Crippen molar-refractivity contribution >= 4 is 11.3 Å². The molecule has 1 heterocycles. The predicted molar refractivity (Wildman–Crippen MR) is 81.2 cm³/mol. The molecule has 0 amide bonds. The Morgan fingerprint density at radius 2 is 2.05 bits per heavy atom. The number of halogens is 1. The van der Waals surface area contributed by atoms with E-state index in [-0.39, 0.29) is 5.82 Å². The van der Waals surface area contributed by atoms with Gasteiger partial charge in [0.25, 0.3) is 0 Å². The van der Waals surface area contributed by atoms with Gasteiger partial charge >= 0.3 is 0 Å². The lowest BCUT2D eigenvalue weighted by atomic mass is 10.1. The largest absolute Gasteiger partial charge is 0.309 e. The first-order chi connectivity index (χ1) is 9.11. The summed E-state index contributed by atoms with van der Waals surface area (Å²) in [5, 5.41) is 3.46. The molecule has 0 spiro atoms. The molecule has 1 atom stereocenters. The van der Waals surface area contributed by atoms with Gasteiger partial charge in [-0.15, -0.1) is 11.3 Å². The van der Waals surface area contributed by atoms with Crippen LogP contribution in [0.15, 0.2) is 30.3 Å². The van der Waals surface area contributed by atoms with Gasteiger partial charge in [-0.2, -0.15) is 0 Å². The minimum Gasteiger partial charge on any atom is -0.309 e. The highest BCUT2D eigenvalue weighted by atomic mass is 32.1. The van der Waals surface area contributed by atoms with Gasteiger partial charge in [-0.3, -0.25) is 0 Å². The molecule has 0 aliphatic rings. The standard InChI is InChI=1S/C16H20FNS/c1-4-9-18-12(3)15-7-8-16(19-15)13-10-11(2)5-6-14(13)17/h5-8,10,12,18H,4,9H2,1-3H3. The Bertz CT molecular complexity index is 547. The van der Waals surface area contributed by atoms with Crippen molar-refractivity contribution in [3.05, 3.63) is 46.6 Å². The van der Waals surface area contributed by atoms with E-state index in [0.29, 0.717) is 11.6 Å². The second-order valence-electron chi connectivity index (χ2n) is 4.86. The van der Waals surface area contributed by atoms with Crippen molar-refractivity contribution in [2.24, 2.45) is 0 Å². The summed E-state index contributed by atoms with van der Waals surface area (Å²) in [7, 11) is 0. The van der Waals surface area contributed by atoms with Crippen LogP contribution in [0.1, 0.15) is 36.8 Å². The summed E-state index contributed by atoms with van der Waals surface area (Å²) in [6, 6.07) is 9.69. The maximum Gasteiger partial charge on any atom is 0.131 e. The molecule has 1 aromatic heterocycles. The Morgan fingerprint density at radius 3 is 2.79 bits per heavy atom. The van der Waals surface area contributed by atoms with E-state index in [9.17, 15) is 4.39 Å². The second-order valence-corrected chi connectivity index (χ2v) is 5.98. The molecule has 0 radical (unpaired) electrons. The van der Waals surface area contributed by atoms with Gasteiger partial charge in [0.05, 0.1) is 0 Å². The van der Waals surface area contributed by atoms with Crippen molar-refractivity contribution in [3.63, 3.8) is 0 Å². The number of hydrogen-bond donors (Lipinski definition) is 1. The maximum absolute atomic E-state index is 13.9. The fourth-order valence-corrected chi connectivity index (χ4v) is 3.07. The third-order valence-corrected chi connectivity index (χ3v) is 4.44. The van der Waals surface area contributed by atoms with E-state index < -0.39 is 0 Å². The Balaban J connectivity index is 2.23. The number of thiophene rings is 1. The average Bonchev–Trinajstić information content (AvgIpc) is 2.88. The summed E-state index contributed by atoms with van der Waals surface area (Å²) in [6.45, 7) is 7.30. The Kier molecular flexibility index (Phi) is 4.72. The Hall–Kier alpha value is -1.19. The summed E-state index contributed by atoms with van der Waals surface area (Å²) in [4.78, 5) is 2.26. The van der Waals surface area contributed by atoms with Gasteiger partial charge < -0.3 is 5.32 Å². The lowest BCUT2D eigenvalue weighted by Crippen LogP contribution is -2.18. The zero-order chi connectivity index (χ0) is 13.8. The van der Waals surface area contributed by atoms with Crippen molar-refractivity contribution in [1.82, 2.24) is 5.32 Å². The smallest absolute Gasteiger partial charge is 0.131 e. The summed E-state index contributed by atoms with van der Waals surface area (Å²) < 4.78 is 13.9. The van der Waals surface area contributed by atoms with Crippen LogP contribution in [0.4, 0.5) is 4.39 Å². The zero-order valence-corrected chi connectivity index (χ0v) is 12.5. The normalized spacial score (nSPS) is 12.6. The van der Waals surface area contributed by atoms with Crippen LogP contribution >= 0.6 is 11.3 Å². The molecule has 0 fully saturated rings. The number of benzene rings is 1. The van der Waals surface area contributed by atoms with Gasteiger partial charge in [-0.05, 0) is 51.1 Å². The molecule has 0 bridgehead atoms. The van der Waals surface area contributed by atoms with E-state index in [1.54, 1.807) is 23.5 Å². The first-order valence-corrected chi connectivity index (χ1v) is 7.53. The molecule has 2 rings (SSSR count). The molecule has 19 heavy (non-hydrogen) atoms. The molecule has 1 N–H and O–H groups in total. The van der Waals surface area contributed by atoms with Gasteiger partial charge in [0.1, 0.15) is 5.82 Å². The summed E-state index contributed by atoms with van der Waals surface area (Å²) >= 11 is 1.66. The predicted octanol–water partition coefficient (Wildman–Crippen LogP) is 4.92. The van der Waals surface area contributed by atoms with E-state index in [4.69, 9.17) is 0 Å². The van der Waals surface area contributed by atoms with Crippen molar-refractivity contribution in [1.29, 1.82) is 0 Å². The summed E-state index contributed by atoms with van der Waals surface area (Å²) in [6.07, 6.45) is 1.12. The minimum absolute atomic E-state index is 0.145. The van der Waals surface area contributed by atoms with Crippen molar-refractivity contribution in [3.8, 4) is 10.4 Å². The summed E-state index contributed by atoms with van der Waals surface area (Å²) in [5.41, 5.74) is 1.79. The highest BCUT2D eigenvalue weighted by molar-refractivity contribution is 7.15. The molecule has 3 heteroatoms. The van der Waals surface area contributed by atoms with Crippen molar-refractivity contribution < 1.29 is 4.39 Å². The maximum atomic E-state index is 13.9. The molecule has 0 aliphatic heterocycles. The molecule has 1 unspecified atom stereocenters. The third-order valence-electron chi connectivity index (χ3n) is 3.14. The minimum atomic E-state index is -0.145. The SMILES string of the molecule is CCCNC(C)c1ccc(-c2cc(C)ccc2F)s1. The van der Waals surface area contributed by atoms with E-state index in [1.807, 2.05) is 19.1 Å². The molecular formula is C16H20FNS. The van der Waals surface area contributed by atoms with Crippen LogP contribution in [-0.2, 0) is 0 Å². The molecular weight excluding hydrogens is 257 g/mol. The van der Waals surface area contributed by atoms with E-state index >= 15 is 0 Å². The Labute approximate surface area is 118 Å². The highest BCUT2D eigenvalue weighted by Gasteiger charge is 2.11. The molecule has 102 valence electrons. The number of aryl methyl sites for hydroxylation is 1. The highest BCUT2D eigenvalue weighted by Crippen LogP contribution is 2.33. The van der Waals surface area contributed by atoms with Crippen LogP contribution in [0.5, 0.6) is 0 Å². The van der Waals surface area contributed by atoms with Crippen LogP contribution < -0.4 is 5.32 Å². The van der Waals surface area contributed by atoms with Crippen LogP contribution in [0.3, 0.4) is 0 Å². The average molecular weight is 277 g/mol. The van der Waals surface area contributed by atoms with E-state index in [2.05, 4.69) is 25.2 Å². The zero-order valence-electron chi connectivity index (χ0n) is 11.7. The van der Waals surface area contributed by atoms with Crippen LogP contribution in [-0.4, -0.2) is 6.54 Å². The third kappa shape index (κ3) is 3.43. The molecule has 2 aromatic rings. The van der Waals surface area contributed by atoms with Crippen molar-refractivity contribution in [2.75, 3.05) is 6.54 Å². The first-order valence-electron chi connectivity index (χ1n) is 6.71. The van der Waals surface area contributed by atoms with Gasteiger partial charge in [0.2, 0.25) is 0 Å². The molecule has 0 saturated heterocycles. The molecule has 1 aromatic carbocycles. The first kappa shape index (κ1) is 14.2. The van der Waals surface area contributed by atoms with E-state index in [1.165, 1.54) is 4.88 Å². The van der Waals surface area contributed by atoms with E-state index in [0.717, 1.165) is 23.4 Å². The molecule has 0 saturated carbocycles. The number of rotatable bonds is 5. The van der Waals surface area contributed by atoms with Crippen LogP contribution in [0.25, 0.3) is 10.4 Å². The van der Waals surface area contributed by atoms with Gasteiger partial charge in [0, 0.05) is 21.4 Å². The topological polar surface area (TPSA) is 12.0 Å². The van der Waals surface area contributed by atoms with Crippen LogP contribution in [0.2, 0.25) is 0 Å². The van der Waals surface area contributed by atoms with Gasteiger partial charge in [-0.25, -0.2) is 4.39 Å². The number of hydrogen-bond acceptors (Lipinski definition) is 2. The van der Waals surface area contributed by atoms with Crippen molar-refractivity contribution in [2.45, 2.75) is 33.2 Å². The quantitative estimate of drug-likeness (QED) is 0.817. The second kappa shape index (κ2) is 6.31. The lowest BCUT2D eigenvalue weighted by Gasteiger charge is -2.10. The van der Waals surface area contributed by atoms with Gasteiger partial charge in [-0.1, -0.05) is 18.6 Å². The van der Waals surface area contributed by atoms with Gasteiger partial charge in [0.15, 0.2) is 0 Å².